The Kier molecular flexibility index (Phi) is 4.74. The fraction of sp³-hybridized carbons (Fsp3) is 0.0833. The number of nitrogens with zero attached hydrogens (tertiary/aromatic N) is 1. The molecular weight excluding hydrogens is 436 g/mol. The number of aliphatic hydroxyl groups excluding tert-OH is 1. The standard InChI is InChI=1S/C24H15F2NO6/c25-14-5-6-16(26)17(10-14)27-21(12-2-1-3-15(28)8-12)20(23(30)24(27)31)22(29)13-4-7-18-19(9-13)33-11-32-18/h1-10,21,28-29H,11H2/b22-20-. The number of halogens is 2. The van der Waals surface area contributed by atoms with E-state index in [4.69, 9.17) is 9.47 Å². The van der Waals surface area contributed by atoms with E-state index in [1.807, 2.05) is 0 Å². The number of amides is 1. The summed E-state index contributed by atoms with van der Waals surface area (Å²) in [6, 6.07) is 11.2. The van der Waals surface area contributed by atoms with Crippen molar-refractivity contribution < 1.29 is 38.1 Å². The fourth-order valence-electron chi connectivity index (χ4n) is 3.96. The van der Waals surface area contributed by atoms with Gasteiger partial charge in [0, 0.05) is 11.6 Å². The van der Waals surface area contributed by atoms with Gasteiger partial charge < -0.3 is 19.7 Å². The first-order valence-electron chi connectivity index (χ1n) is 9.80. The molecule has 0 spiro atoms. The molecule has 1 fully saturated rings. The summed E-state index contributed by atoms with van der Waals surface area (Å²) in [5.74, 6) is -3.96. The van der Waals surface area contributed by atoms with Crippen molar-refractivity contribution in [2.75, 3.05) is 11.7 Å². The number of phenols is 1. The monoisotopic (exact) mass is 451 g/mol. The van der Waals surface area contributed by atoms with E-state index in [1.54, 1.807) is 0 Å². The zero-order chi connectivity index (χ0) is 23.3. The molecule has 5 rings (SSSR count). The average Bonchev–Trinajstić information content (AvgIpc) is 3.37. The molecule has 0 aromatic heterocycles. The van der Waals surface area contributed by atoms with E-state index in [9.17, 15) is 28.6 Å². The van der Waals surface area contributed by atoms with E-state index >= 15 is 0 Å². The summed E-state index contributed by atoms with van der Waals surface area (Å²) < 4.78 is 39.2. The van der Waals surface area contributed by atoms with Gasteiger partial charge in [-0.05, 0) is 48.0 Å². The van der Waals surface area contributed by atoms with Crippen LogP contribution >= 0.6 is 0 Å². The number of aromatic hydroxyl groups is 1. The Hall–Kier alpha value is -4.40. The maximum absolute atomic E-state index is 14.7. The van der Waals surface area contributed by atoms with Gasteiger partial charge in [-0.25, -0.2) is 8.78 Å². The minimum Gasteiger partial charge on any atom is -0.508 e. The minimum atomic E-state index is -1.33. The molecule has 9 heteroatoms. The van der Waals surface area contributed by atoms with Crippen LogP contribution in [0.4, 0.5) is 14.5 Å². The topological polar surface area (TPSA) is 96.3 Å². The molecule has 0 aliphatic carbocycles. The summed E-state index contributed by atoms with van der Waals surface area (Å²) in [6.45, 7) is -0.00786. The lowest BCUT2D eigenvalue weighted by Gasteiger charge is -2.26. The molecule has 3 aromatic rings. The third kappa shape index (κ3) is 3.34. The molecule has 1 saturated heterocycles. The van der Waals surface area contributed by atoms with Crippen LogP contribution in [0, 0.1) is 11.6 Å². The highest BCUT2D eigenvalue weighted by molar-refractivity contribution is 6.51. The number of ether oxygens (including phenoxy) is 2. The molecule has 7 nitrogen and oxygen atoms in total. The van der Waals surface area contributed by atoms with Gasteiger partial charge in [-0.2, -0.15) is 0 Å². The van der Waals surface area contributed by atoms with Crippen molar-refractivity contribution in [2.45, 2.75) is 6.04 Å². The number of carbonyl (C=O) groups excluding carboxylic acids is 2. The molecule has 166 valence electrons. The number of ketones is 1. The molecule has 0 saturated carbocycles. The Balaban J connectivity index is 1.74. The lowest BCUT2D eigenvalue weighted by molar-refractivity contribution is -0.132. The van der Waals surface area contributed by atoms with Gasteiger partial charge in [-0.3, -0.25) is 14.5 Å². The molecule has 2 N–H and O–H groups in total. The van der Waals surface area contributed by atoms with Crippen LogP contribution in [-0.2, 0) is 9.59 Å². The maximum atomic E-state index is 14.7. The van der Waals surface area contributed by atoms with Gasteiger partial charge in [0.25, 0.3) is 11.7 Å². The highest BCUT2D eigenvalue weighted by Gasteiger charge is 2.48. The SMILES string of the molecule is O=C1C(=O)N(c2cc(F)ccc2F)C(c2cccc(O)c2)/C1=C(/O)c1ccc2c(c1)OCO2. The van der Waals surface area contributed by atoms with Crippen LogP contribution in [0.3, 0.4) is 0 Å². The van der Waals surface area contributed by atoms with E-state index in [2.05, 4.69) is 0 Å². The van der Waals surface area contributed by atoms with E-state index in [0.717, 1.165) is 23.1 Å². The quantitative estimate of drug-likeness (QED) is 0.355. The number of carbonyl (C=O) groups is 2. The lowest BCUT2D eigenvalue weighted by Crippen LogP contribution is -2.30. The Labute approximate surface area is 185 Å². The maximum Gasteiger partial charge on any atom is 0.300 e. The molecule has 1 unspecified atom stereocenters. The van der Waals surface area contributed by atoms with Gasteiger partial charge in [0.2, 0.25) is 6.79 Å². The van der Waals surface area contributed by atoms with Crippen LogP contribution in [0.1, 0.15) is 17.2 Å². The lowest BCUT2D eigenvalue weighted by atomic mass is 9.95. The fourth-order valence-corrected chi connectivity index (χ4v) is 3.96. The van der Waals surface area contributed by atoms with Gasteiger partial charge in [-0.1, -0.05) is 12.1 Å². The van der Waals surface area contributed by atoms with Crippen LogP contribution in [0.2, 0.25) is 0 Å². The van der Waals surface area contributed by atoms with Crippen LogP contribution in [0.25, 0.3) is 5.76 Å². The predicted octanol–water partition coefficient (Wildman–Crippen LogP) is 4.03. The second-order valence-electron chi connectivity index (χ2n) is 7.43. The van der Waals surface area contributed by atoms with Crippen molar-refractivity contribution in [1.82, 2.24) is 0 Å². The van der Waals surface area contributed by atoms with Crippen LogP contribution in [0.5, 0.6) is 17.2 Å². The van der Waals surface area contributed by atoms with Gasteiger partial charge >= 0.3 is 0 Å². The molecule has 33 heavy (non-hydrogen) atoms. The first kappa shape index (κ1) is 20.5. The number of hydrogen-bond acceptors (Lipinski definition) is 6. The molecule has 0 bridgehead atoms. The summed E-state index contributed by atoms with van der Waals surface area (Å²) in [5.41, 5.74) is -0.467. The predicted molar refractivity (Wildman–Crippen MR) is 112 cm³/mol. The van der Waals surface area contributed by atoms with Gasteiger partial charge in [0.05, 0.1) is 17.3 Å². The number of phenolic OH excluding ortho intramolecular Hbond substituents is 1. The smallest absolute Gasteiger partial charge is 0.300 e. The Morgan fingerprint density at radius 3 is 2.55 bits per heavy atom. The highest BCUT2D eigenvalue weighted by Crippen LogP contribution is 2.44. The zero-order valence-electron chi connectivity index (χ0n) is 16.8. The van der Waals surface area contributed by atoms with Gasteiger partial charge in [0.1, 0.15) is 23.1 Å². The van der Waals surface area contributed by atoms with Crippen molar-refractivity contribution in [3.63, 3.8) is 0 Å². The second kappa shape index (κ2) is 7.63. The summed E-state index contributed by atoms with van der Waals surface area (Å²) in [7, 11) is 0. The second-order valence-corrected chi connectivity index (χ2v) is 7.43. The summed E-state index contributed by atoms with van der Waals surface area (Å²) in [6.07, 6.45) is 0. The van der Waals surface area contributed by atoms with Crippen molar-refractivity contribution in [3.05, 3.63) is 89.0 Å². The number of rotatable bonds is 3. The molecule has 2 aliphatic heterocycles. The van der Waals surface area contributed by atoms with Crippen molar-refractivity contribution in [3.8, 4) is 17.2 Å². The summed E-state index contributed by atoms with van der Waals surface area (Å²) in [4.78, 5) is 26.8. The average molecular weight is 451 g/mol. The van der Waals surface area contributed by atoms with Crippen LogP contribution < -0.4 is 14.4 Å². The molecule has 1 atom stereocenters. The Bertz CT molecular complexity index is 1350. The molecule has 2 heterocycles. The number of benzene rings is 3. The van der Waals surface area contributed by atoms with E-state index < -0.39 is 40.8 Å². The highest BCUT2D eigenvalue weighted by atomic mass is 19.1. The van der Waals surface area contributed by atoms with Gasteiger partial charge in [0.15, 0.2) is 11.5 Å². The first-order chi connectivity index (χ1) is 15.8. The van der Waals surface area contributed by atoms with Gasteiger partial charge in [-0.15, -0.1) is 0 Å². The Morgan fingerprint density at radius 1 is 0.970 bits per heavy atom. The molecule has 3 aromatic carbocycles. The number of anilines is 1. The number of fused-ring (bicyclic) bond motifs is 1. The largest absolute Gasteiger partial charge is 0.508 e. The normalized spacial score (nSPS) is 18.7. The summed E-state index contributed by atoms with van der Waals surface area (Å²) in [5, 5.41) is 21.1. The Morgan fingerprint density at radius 2 is 1.76 bits per heavy atom. The third-order valence-corrected chi connectivity index (χ3v) is 5.44. The minimum absolute atomic E-state index is 0.00786. The summed E-state index contributed by atoms with van der Waals surface area (Å²) >= 11 is 0. The van der Waals surface area contributed by atoms with Crippen LogP contribution in [-0.4, -0.2) is 28.7 Å². The third-order valence-electron chi connectivity index (χ3n) is 5.44. The molecule has 2 aliphatic rings. The number of Topliss-reactive ketones (excluding diaryl/α,β-unsaturated/α-hetero) is 1. The van der Waals surface area contributed by atoms with E-state index in [1.165, 1.54) is 42.5 Å². The number of hydrogen-bond donors (Lipinski definition) is 2. The van der Waals surface area contributed by atoms with E-state index in [0.29, 0.717) is 11.5 Å². The molecule has 1 amide bonds. The van der Waals surface area contributed by atoms with Crippen molar-refractivity contribution >= 4 is 23.1 Å². The first-order valence-corrected chi connectivity index (χ1v) is 9.80. The molecular formula is C24H15F2NO6. The number of aliphatic hydroxyl groups is 1. The molecule has 0 radical (unpaired) electrons. The van der Waals surface area contributed by atoms with Crippen molar-refractivity contribution in [2.24, 2.45) is 0 Å². The van der Waals surface area contributed by atoms with Crippen molar-refractivity contribution in [1.29, 1.82) is 0 Å². The van der Waals surface area contributed by atoms with E-state index in [-0.39, 0.29) is 29.2 Å². The van der Waals surface area contributed by atoms with Crippen LogP contribution in [0.15, 0.2) is 66.2 Å². The zero-order valence-corrected chi connectivity index (χ0v) is 16.8.